The van der Waals surface area contributed by atoms with Crippen LogP contribution in [-0.2, 0) is 6.54 Å². The average molecular weight is 415 g/mol. The average Bonchev–Trinajstić information content (AvgIpc) is 3.42. The van der Waals surface area contributed by atoms with E-state index in [1.165, 1.54) is 0 Å². The second kappa shape index (κ2) is 8.95. The van der Waals surface area contributed by atoms with Crippen LogP contribution < -0.4 is 5.32 Å². The van der Waals surface area contributed by atoms with Crippen LogP contribution in [0.4, 0.5) is 0 Å². The van der Waals surface area contributed by atoms with Crippen molar-refractivity contribution in [3.8, 4) is 22.9 Å². The third-order valence-corrected chi connectivity index (χ3v) is 5.24. The molecule has 1 N–H and O–H groups in total. The van der Waals surface area contributed by atoms with Crippen LogP contribution >= 0.6 is 0 Å². The van der Waals surface area contributed by atoms with Gasteiger partial charge in [0.25, 0.3) is 5.91 Å². The molecule has 0 saturated carbocycles. The molecule has 4 aromatic rings. The fraction of sp³-hybridized carbons (Fsp3) is 0.250. The van der Waals surface area contributed by atoms with E-state index in [1.807, 2.05) is 56.4 Å². The van der Waals surface area contributed by atoms with E-state index >= 15 is 0 Å². The maximum Gasteiger partial charge on any atom is 0.251 e. The van der Waals surface area contributed by atoms with Gasteiger partial charge in [-0.2, -0.15) is 0 Å². The monoisotopic (exact) mass is 415 g/mol. The molecule has 0 spiro atoms. The topological polar surface area (TPSA) is 85.8 Å². The number of amides is 1. The predicted molar refractivity (Wildman–Crippen MR) is 118 cm³/mol. The van der Waals surface area contributed by atoms with Crippen LogP contribution in [0, 0.1) is 19.8 Å². The molecule has 7 heteroatoms. The highest BCUT2D eigenvalue weighted by molar-refractivity contribution is 5.94. The van der Waals surface area contributed by atoms with Crippen molar-refractivity contribution in [2.45, 2.75) is 27.3 Å². The maximum absolute atomic E-state index is 12.5. The molecule has 2 aromatic heterocycles. The minimum absolute atomic E-state index is 0.105. The largest absolute Gasteiger partial charge is 0.416 e. The number of aromatic nitrogens is 4. The van der Waals surface area contributed by atoms with Gasteiger partial charge in [0.1, 0.15) is 5.82 Å². The Kier molecular flexibility index (Phi) is 5.93. The molecule has 2 aromatic carbocycles. The number of hydrogen-bond donors (Lipinski definition) is 1. The number of nitrogens with zero attached hydrogens (tertiary/aromatic N) is 4. The van der Waals surface area contributed by atoms with Gasteiger partial charge in [0.15, 0.2) is 0 Å². The van der Waals surface area contributed by atoms with Gasteiger partial charge in [0, 0.05) is 42.2 Å². The number of hydrogen-bond acceptors (Lipinski definition) is 5. The highest BCUT2D eigenvalue weighted by Gasteiger charge is 2.14. The zero-order valence-electron chi connectivity index (χ0n) is 17.9. The molecule has 0 aliphatic carbocycles. The molecule has 1 atom stereocenters. The van der Waals surface area contributed by atoms with E-state index < -0.39 is 0 Å². The second-order valence-electron chi connectivity index (χ2n) is 7.75. The first-order chi connectivity index (χ1) is 15.0. The smallest absolute Gasteiger partial charge is 0.251 e. The molecule has 0 aliphatic rings. The predicted octanol–water partition coefficient (Wildman–Crippen LogP) is 4.28. The van der Waals surface area contributed by atoms with E-state index in [0.29, 0.717) is 23.9 Å². The van der Waals surface area contributed by atoms with Crippen LogP contribution in [0.25, 0.3) is 22.9 Å². The summed E-state index contributed by atoms with van der Waals surface area (Å²) in [6, 6.07) is 15.1. The van der Waals surface area contributed by atoms with Gasteiger partial charge in [-0.25, -0.2) is 4.98 Å². The summed E-state index contributed by atoms with van der Waals surface area (Å²) >= 11 is 0. The number of rotatable bonds is 7. The summed E-state index contributed by atoms with van der Waals surface area (Å²) in [5, 5.41) is 11.3. The SMILES string of the molecule is Cc1ccccc1-c1nnc(-c2ccc(C(=O)NCC(C)Cn3ccnc3C)cc2)o1. The summed E-state index contributed by atoms with van der Waals surface area (Å²) in [7, 11) is 0. The number of nitrogens with one attached hydrogen (secondary N) is 1. The highest BCUT2D eigenvalue weighted by atomic mass is 16.4. The zero-order valence-corrected chi connectivity index (χ0v) is 17.9. The van der Waals surface area contributed by atoms with Crippen molar-refractivity contribution < 1.29 is 9.21 Å². The first kappa shape index (κ1) is 20.5. The molecular weight excluding hydrogens is 390 g/mol. The number of benzene rings is 2. The standard InChI is InChI=1S/C24H25N5O2/c1-16(15-29-13-12-25-18(29)3)14-26-22(30)19-8-10-20(11-9-19)23-27-28-24(31-23)21-7-5-4-6-17(21)2/h4-13,16H,14-15H2,1-3H3,(H,26,30). The van der Waals surface area contributed by atoms with Gasteiger partial charge in [0.05, 0.1) is 0 Å². The molecule has 31 heavy (non-hydrogen) atoms. The van der Waals surface area contributed by atoms with Crippen molar-refractivity contribution in [2.75, 3.05) is 6.54 Å². The van der Waals surface area contributed by atoms with Crippen LogP contribution in [0.5, 0.6) is 0 Å². The molecule has 2 heterocycles. The lowest BCUT2D eigenvalue weighted by molar-refractivity contribution is 0.0947. The molecule has 4 rings (SSSR count). The Bertz CT molecular complexity index is 1180. The summed E-state index contributed by atoms with van der Waals surface area (Å²) in [6.45, 7) is 7.47. The van der Waals surface area contributed by atoms with Crippen molar-refractivity contribution in [3.05, 3.63) is 77.9 Å². The molecule has 1 amide bonds. The summed E-state index contributed by atoms with van der Waals surface area (Å²) in [4.78, 5) is 16.7. The quantitative estimate of drug-likeness (QED) is 0.487. The van der Waals surface area contributed by atoms with E-state index in [2.05, 4.69) is 32.0 Å². The van der Waals surface area contributed by atoms with Gasteiger partial charge in [-0.3, -0.25) is 4.79 Å². The maximum atomic E-state index is 12.5. The van der Waals surface area contributed by atoms with E-state index in [0.717, 1.165) is 29.1 Å². The fourth-order valence-electron chi connectivity index (χ4n) is 3.39. The Balaban J connectivity index is 1.37. The van der Waals surface area contributed by atoms with Crippen molar-refractivity contribution >= 4 is 5.91 Å². The second-order valence-corrected chi connectivity index (χ2v) is 7.75. The number of imidazole rings is 1. The number of aryl methyl sites for hydroxylation is 2. The first-order valence-corrected chi connectivity index (χ1v) is 10.3. The van der Waals surface area contributed by atoms with Gasteiger partial charge >= 0.3 is 0 Å². The van der Waals surface area contributed by atoms with Crippen LogP contribution in [-0.4, -0.2) is 32.2 Å². The Morgan fingerprint density at radius 2 is 1.81 bits per heavy atom. The van der Waals surface area contributed by atoms with E-state index in [9.17, 15) is 4.79 Å². The summed E-state index contributed by atoms with van der Waals surface area (Å²) in [6.07, 6.45) is 3.74. The lowest BCUT2D eigenvalue weighted by atomic mass is 10.1. The minimum atomic E-state index is -0.105. The van der Waals surface area contributed by atoms with Crippen molar-refractivity contribution in [3.63, 3.8) is 0 Å². The molecule has 158 valence electrons. The third kappa shape index (κ3) is 4.71. The van der Waals surface area contributed by atoms with Crippen LogP contribution in [0.15, 0.2) is 65.3 Å². The molecular formula is C24H25N5O2. The lowest BCUT2D eigenvalue weighted by Crippen LogP contribution is -2.30. The first-order valence-electron chi connectivity index (χ1n) is 10.3. The van der Waals surface area contributed by atoms with Gasteiger partial charge in [-0.1, -0.05) is 25.1 Å². The normalized spacial score (nSPS) is 12.0. The summed E-state index contributed by atoms with van der Waals surface area (Å²) in [5.74, 6) is 2.06. The van der Waals surface area contributed by atoms with Gasteiger partial charge in [-0.05, 0) is 55.7 Å². The molecule has 0 aliphatic heterocycles. The zero-order chi connectivity index (χ0) is 21.8. The lowest BCUT2D eigenvalue weighted by Gasteiger charge is -2.14. The number of carbonyl (C=O) groups excluding carboxylic acids is 1. The fourth-order valence-corrected chi connectivity index (χ4v) is 3.39. The highest BCUT2D eigenvalue weighted by Crippen LogP contribution is 2.26. The van der Waals surface area contributed by atoms with Gasteiger partial charge in [0.2, 0.25) is 11.8 Å². The van der Waals surface area contributed by atoms with Crippen molar-refractivity contribution in [1.82, 2.24) is 25.1 Å². The Morgan fingerprint density at radius 1 is 1.06 bits per heavy atom. The van der Waals surface area contributed by atoms with Crippen LogP contribution in [0.2, 0.25) is 0 Å². The van der Waals surface area contributed by atoms with E-state index in [1.54, 1.807) is 18.3 Å². The summed E-state index contributed by atoms with van der Waals surface area (Å²) < 4.78 is 7.93. The molecule has 0 bridgehead atoms. The van der Waals surface area contributed by atoms with Crippen molar-refractivity contribution in [2.24, 2.45) is 5.92 Å². The molecule has 7 nitrogen and oxygen atoms in total. The van der Waals surface area contributed by atoms with Crippen LogP contribution in [0.3, 0.4) is 0 Å². The Labute approximate surface area is 181 Å². The molecule has 0 radical (unpaired) electrons. The Hall–Kier alpha value is -3.74. The van der Waals surface area contributed by atoms with Crippen LogP contribution in [0.1, 0.15) is 28.7 Å². The van der Waals surface area contributed by atoms with E-state index in [-0.39, 0.29) is 11.8 Å². The molecule has 1 unspecified atom stereocenters. The van der Waals surface area contributed by atoms with Gasteiger partial charge < -0.3 is 14.3 Å². The summed E-state index contributed by atoms with van der Waals surface area (Å²) in [5.41, 5.74) is 3.35. The van der Waals surface area contributed by atoms with E-state index in [4.69, 9.17) is 4.42 Å². The number of carbonyl (C=O) groups is 1. The van der Waals surface area contributed by atoms with Gasteiger partial charge in [-0.15, -0.1) is 10.2 Å². The Morgan fingerprint density at radius 3 is 2.52 bits per heavy atom. The van der Waals surface area contributed by atoms with Crippen molar-refractivity contribution in [1.29, 1.82) is 0 Å². The minimum Gasteiger partial charge on any atom is -0.416 e. The molecule has 0 fully saturated rings. The molecule has 0 saturated heterocycles. The third-order valence-electron chi connectivity index (χ3n) is 5.24.